The standard InChI is InChI=1S/C22H21IN2O5S/c1-3-10-30-17-9-4-14(11-18(17)29-2)12-19-21(27)25(22(28)31-19)13-20(26)24-16-7-5-15(23)6-8-16/h4-9,11-12H,3,10,13H2,1-2H3,(H,24,26)/b19-12-. The molecule has 3 amide bonds. The summed E-state index contributed by atoms with van der Waals surface area (Å²) in [5, 5.41) is 2.21. The first kappa shape index (κ1) is 23.1. The molecule has 31 heavy (non-hydrogen) atoms. The maximum absolute atomic E-state index is 12.7. The number of carbonyl (C=O) groups is 3. The molecule has 1 heterocycles. The topological polar surface area (TPSA) is 84.9 Å². The lowest BCUT2D eigenvalue weighted by Gasteiger charge is -2.12. The summed E-state index contributed by atoms with van der Waals surface area (Å²) in [5.74, 6) is 0.210. The van der Waals surface area contributed by atoms with Crippen LogP contribution in [-0.2, 0) is 9.59 Å². The highest BCUT2D eigenvalue weighted by molar-refractivity contribution is 14.1. The number of thioether (sulfide) groups is 1. The second kappa shape index (κ2) is 10.7. The zero-order valence-electron chi connectivity index (χ0n) is 17.0. The van der Waals surface area contributed by atoms with Crippen LogP contribution in [0.25, 0.3) is 6.08 Å². The van der Waals surface area contributed by atoms with Gasteiger partial charge in [-0.3, -0.25) is 19.3 Å². The van der Waals surface area contributed by atoms with Crippen molar-refractivity contribution in [2.24, 2.45) is 0 Å². The van der Waals surface area contributed by atoms with Gasteiger partial charge in [0, 0.05) is 9.26 Å². The maximum atomic E-state index is 12.7. The summed E-state index contributed by atoms with van der Waals surface area (Å²) in [6, 6.07) is 12.5. The van der Waals surface area contributed by atoms with Crippen molar-refractivity contribution in [3.8, 4) is 11.5 Å². The number of nitrogens with one attached hydrogen (secondary N) is 1. The van der Waals surface area contributed by atoms with Gasteiger partial charge in [-0.2, -0.15) is 0 Å². The Balaban J connectivity index is 1.69. The summed E-state index contributed by atoms with van der Waals surface area (Å²) >= 11 is 2.97. The number of methoxy groups -OCH3 is 1. The average Bonchev–Trinajstić information content (AvgIpc) is 3.01. The fraction of sp³-hybridized carbons (Fsp3) is 0.227. The van der Waals surface area contributed by atoms with Crippen LogP contribution in [0.3, 0.4) is 0 Å². The summed E-state index contributed by atoms with van der Waals surface area (Å²) in [7, 11) is 1.54. The van der Waals surface area contributed by atoms with Crippen LogP contribution in [-0.4, -0.2) is 42.2 Å². The lowest BCUT2D eigenvalue weighted by atomic mass is 10.2. The zero-order valence-corrected chi connectivity index (χ0v) is 20.0. The van der Waals surface area contributed by atoms with Gasteiger partial charge in [0.05, 0.1) is 18.6 Å². The third kappa shape index (κ3) is 6.01. The largest absolute Gasteiger partial charge is 0.493 e. The zero-order chi connectivity index (χ0) is 22.4. The monoisotopic (exact) mass is 552 g/mol. The minimum atomic E-state index is -0.502. The molecule has 1 saturated heterocycles. The molecule has 0 unspecified atom stereocenters. The van der Waals surface area contributed by atoms with Gasteiger partial charge in [0.1, 0.15) is 6.54 Å². The maximum Gasteiger partial charge on any atom is 0.294 e. The van der Waals surface area contributed by atoms with Gasteiger partial charge in [-0.15, -0.1) is 0 Å². The second-order valence-electron chi connectivity index (χ2n) is 6.58. The summed E-state index contributed by atoms with van der Waals surface area (Å²) < 4.78 is 12.0. The van der Waals surface area contributed by atoms with Gasteiger partial charge in [-0.25, -0.2) is 0 Å². The quantitative estimate of drug-likeness (QED) is 0.376. The summed E-state index contributed by atoms with van der Waals surface area (Å²) in [6.45, 7) is 2.23. The van der Waals surface area contributed by atoms with Crippen molar-refractivity contribution in [1.82, 2.24) is 4.90 Å². The van der Waals surface area contributed by atoms with Gasteiger partial charge in [0.2, 0.25) is 5.91 Å². The van der Waals surface area contributed by atoms with Gasteiger partial charge in [0.15, 0.2) is 11.5 Å². The first-order valence-corrected chi connectivity index (χ1v) is 11.4. The molecule has 0 spiro atoms. The SMILES string of the molecule is CCCOc1ccc(/C=C2\SC(=O)N(CC(=O)Nc3ccc(I)cc3)C2=O)cc1OC. The van der Waals surface area contributed by atoms with E-state index in [4.69, 9.17) is 9.47 Å². The predicted octanol–water partition coefficient (Wildman–Crippen LogP) is 4.76. The van der Waals surface area contributed by atoms with Crippen LogP contribution in [0.1, 0.15) is 18.9 Å². The van der Waals surface area contributed by atoms with Crippen LogP contribution in [0.5, 0.6) is 11.5 Å². The number of nitrogens with zero attached hydrogens (tertiary/aromatic N) is 1. The van der Waals surface area contributed by atoms with E-state index >= 15 is 0 Å². The molecule has 0 bridgehead atoms. The number of hydrogen-bond acceptors (Lipinski definition) is 6. The number of halogens is 1. The summed E-state index contributed by atoms with van der Waals surface area (Å²) in [5.41, 5.74) is 1.29. The number of benzene rings is 2. The Morgan fingerprint density at radius 2 is 1.90 bits per heavy atom. The van der Waals surface area contributed by atoms with Crippen LogP contribution in [0, 0.1) is 3.57 Å². The Morgan fingerprint density at radius 1 is 1.16 bits per heavy atom. The van der Waals surface area contributed by atoms with Crippen LogP contribution in [0.4, 0.5) is 10.5 Å². The molecule has 0 saturated carbocycles. The molecule has 1 aliphatic heterocycles. The number of carbonyl (C=O) groups excluding carboxylic acids is 3. The third-order valence-electron chi connectivity index (χ3n) is 4.25. The molecule has 1 N–H and O–H groups in total. The van der Waals surface area contributed by atoms with E-state index in [9.17, 15) is 14.4 Å². The number of amides is 3. The van der Waals surface area contributed by atoms with Crippen molar-refractivity contribution in [2.75, 3.05) is 25.6 Å². The molecule has 9 heteroatoms. The molecule has 1 fully saturated rings. The van der Waals surface area contributed by atoms with Crippen molar-refractivity contribution in [3.05, 3.63) is 56.5 Å². The first-order valence-electron chi connectivity index (χ1n) is 9.53. The van der Waals surface area contributed by atoms with Gasteiger partial charge >= 0.3 is 0 Å². The molecular formula is C22H21IN2O5S. The molecule has 3 rings (SSSR count). The van der Waals surface area contributed by atoms with Crippen molar-refractivity contribution in [2.45, 2.75) is 13.3 Å². The van der Waals surface area contributed by atoms with Crippen LogP contribution in [0.2, 0.25) is 0 Å². The minimum Gasteiger partial charge on any atom is -0.493 e. The first-order chi connectivity index (χ1) is 14.9. The fourth-order valence-corrected chi connectivity index (χ4v) is 3.97. The van der Waals surface area contributed by atoms with Gasteiger partial charge < -0.3 is 14.8 Å². The Bertz CT molecular complexity index is 1020. The molecule has 1 aliphatic rings. The van der Waals surface area contributed by atoms with Crippen molar-refractivity contribution in [3.63, 3.8) is 0 Å². The molecule has 0 atom stereocenters. The van der Waals surface area contributed by atoms with Crippen LogP contribution >= 0.6 is 34.4 Å². The molecule has 7 nitrogen and oxygen atoms in total. The highest BCUT2D eigenvalue weighted by Gasteiger charge is 2.36. The lowest BCUT2D eigenvalue weighted by molar-refractivity contribution is -0.127. The predicted molar refractivity (Wildman–Crippen MR) is 129 cm³/mol. The number of rotatable bonds is 8. The molecule has 2 aromatic rings. The summed E-state index contributed by atoms with van der Waals surface area (Å²) in [4.78, 5) is 38.5. The Kier molecular flexibility index (Phi) is 7.97. The molecule has 2 aromatic carbocycles. The lowest BCUT2D eigenvalue weighted by Crippen LogP contribution is -2.36. The molecule has 162 valence electrons. The van der Waals surface area contributed by atoms with E-state index in [0.717, 1.165) is 26.7 Å². The van der Waals surface area contributed by atoms with E-state index in [1.54, 1.807) is 36.4 Å². The Morgan fingerprint density at radius 3 is 2.58 bits per heavy atom. The molecular weight excluding hydrogens is 531 g/mol. The second-order valence-corrected chi connectivity index (χ2v) is 8.82. The third-order valence-corrected chi connectivity index (χ3v) is 5.88. The fourth-order valence-electron chi connectivity index (χ4n) is 2.77. The number of anilines is 1. The number of hydrogen-bond donors (Lipinski definition) is 1. The van der Waals surface area contributed by atoms with E-state index in [1.165, 1.54) is 7.11 Å². The Hall–Kier alpha value is -2.53. The van der Waals surface area contributed by atoms with E-state index in [-0.39, 0.29) is 11.4 Å². The van der Waals surface area contributed by atoms with E-state index in [1.807, 2.05) is 19.1 Å². The highest BCUT2D eigenvalue weighted by atomic mass is 127. The molecule has 0 radical (unpaired) electrons. The average molecular weight is 552 g/mol. The van der Waals surface area contributed by atoms with Gasteiger partial charge in [0.25, 0.3) is 11.1 Å². The minimum absolute atomic E-state index is 0.247. The van der Waals surface area contributed by atoms with Crippen molar-refractivity contribution < 1.29 is 23.9 Å². The highest BCUT2D eigenvalue weighted by Crippen LogP contribution is 2.34. The number of ether oxygens (including phenoxy) is 2. The molecule has 0 aromatic heterocycles. The van der Waals surface area contributed by atoms with E-state index in [2.05, 4.69) is 27.9 Å². The van der Waals surface area contributed by atoms with E-state index in [0.29, 0.717) is 29.4 Å². The summed E-state index contributed by atoms with van der Waals surface area (Å²) in [6.07, 6.45) is 2.48. The van der Waals surface area contributed by atoms with Crippen molar-refractivity contribution >= 4 is 63.2 Å². The van der Waals surface area contributed by atoms with Crippen molar-refractivity contribution in [1.29, 1.82) is 0 Å². The van der Waals surface area contributed by atoms with Crippen LogP contribution in [0.15, 0.2) is 47.4 Å². The molecule has 0 aliphatic carbocycles. The van der Waals surface area contributed by atoms with Gasteiger partial charge in [-0.1, -0.05) is 13.0 Å². The normalized spacial score (nSPS) is 14.8. The Labute approximate surface area is 198 Å². The van der Waals surface area contributed by atoms with Crippen LogP contribution < -0.4 is 14.8 Å². The van der Waals surface area contributed by atoms with Gasteiger partial charge in [-0.05, 0) is 88.8 Å². The number of imide groups is 1. The van der Waals surface area contributed by atoms with E-state index < -0.39 is 17.1 Å². The smallest absolute Gasteiger partial charge is 0.294 e.